The third-order valence-corrected chi connectivity index (χ3v) is 4.93. The molecular weight excluding hydrogens is 402 g/mol. The number of azo groups is 1. The first-order valence-electron chi connectivity index (χ1n) is 10.4. The summed E-state index contributed by atoms with van der Waals surface area (Å²) in [6.45, 7) is 7.48. The Morgan fingerprint density at radius 1 is 0.935 bits per heavy atom. The van der Waals surface area contributed by atoms with Gasteiger partial charge in [-0.2, -0.15) is 25.2 Å². The van der Waals surface area contributed by atoms with Crippen molar-refractivity contribution in [2.24, 2.45) is 10.2 Å². The van der Waals surface area contributed by atoms with Crippen LogP contribution >= 0.6 is 0 Å². The molecule has 0 bridgehead atoms. The van der Waals surface area contributed by atoms with Crippen molar-refractivity contribution in [3.8, 4) is 11.8 Å². The molecule has 0 aliphatic carbocycles. The Hall–Kier alpha value is -2.89. The van der Waals surface area contributed by atoms with Gasteiger partial charge >= 0.3 is 6.01 Å². The fourth-order valence-corrected chi connectivity index (χ4v) is 3.22. The Morgan fingerprint density at radius 3 is 2.39 bits per heavy atom. The molecule has 31 heavy (non-hydrogen) atoms. The average Bonchev–Trinajstić information content (AvgIpc) is 2.82. The molecule has 0 spiro atoms. The van der Waals surface area contributed by atoms with Crippen LogP contribution in [0.15, 0.2) is 34.5 Å². The van der Waals surface area contributed by atoms with Crippen molar-refractivity contribution in [1.82, 2.24) is 19.9 Å². The zero-order chi connectivity index (χ0) is 21.3. The molecule has 3 heterocycles. The fourth-order valence-electron chi connectivity index (χ4n) is 3.22. The Bertz CT molecular complexity index is 853. The average molecular weight is 429 g/mol. The highest BCUT2D eigenvalue weighted by Crippen LogP contribution is 2.18. The molecule has 2 fully saturated rings. The van der Waals surface area contributed by atoms with Crippen LogP contribution in [0.1, 0.15) is 5.82 Å². The molecule has 1 aromatic heterocycles. The summed E-state index contributed by atoms with van der Waals surface area (Å²) in [5, 5.41) is 17.7. The number of benzene rings is 1. The van der Waals surface area contributed by atoms with Gasteiger partial charge in [0.05, 0.1) is 32.1 Å². The van der Waals surface area contributed by atoms with Crippen LogP contribution in [0.5, 0.6) is 11.8 Å². The third-order valence-electron chi connectivity index (χ3n) is 4.93. The first kappa shape index (κ1) is 21.3. The van der Waals surface area contributed by atoms with Gasteiger partial charge in [-0.15, -0.1) is 0 Å². The minimum absolute atomic E-state index is 0.186. The Kier molecular flexibility index (Phi) is 7.53. The SMILES string of the molecule is Oc1ccc(N=NCc2nc(OCCN3CCOCC3)nc(N3CCOCC3)n2)cc1. The number of anilines is 1. The number of hydrogen-bond acceptors (Lipinski definition) is 11. The summed E-state index contributed by atoms with van der Waals surface area (Å²) in [4.78, 5) is 17.8. The molecule has 2 aliphatic rings. The summed E-state index contributed by atoms with van der Waals surface area (Å²) < 4.78 is 16.7. The molecule has 1 N–H and O–H groups in total. The number of phenols is 1. The number of phenolic OH excluding ortho intramolecular Hbond substituents is 1. The van der Waals surface area contributed by atoms with Crippen molar-refractivity contribution >= 4 is 11.6 Å². The largest absolute Gasteiger partial charge is 0.508 e. The second kappa shape index (κ2) is 10.9. The van der Waals surface area contributed by atoms with Crippen molar-refractivity contribution < 1.29 is 19.3 Å². The van der Waals surface area contributed by atoms with Crippen LogP contribution in [0.3, 0.4) is 0 Å². The molecule has 2 aromatic rings. The van der Waals surface area contributed by atoms with E-state index in [0.717, 1.165) is 32.8 Å². The van der Waals surface area contributed by atoms with Crippen LogP contribution in [-0.4, -0.2) is 90.7 Å². The van der Waals surface area contributed by atoms with E-state index in [4.69, 9.17) is 14.2 Å². The van der Waals surface area contributed by atoms with E-state index in [2.05, 4.69) is 35.0 Å². The van der Waals surface area contributed by atoms with Crippen LogP contribution in [0.25, 0.3) is 0 Å². The number of aromatic hydroxyl groups is 1. The minimum atomic E-state index is 0.186. The molecule has 11 nitrogen and oxygen atoms in total. The molecule has 2 aliphatic heterocycles. The number of morpholine rings is 2. The van der Waals surface area contributed by atoms with E-state index in [-0.39, 0.29) is 12.3 Å². The van der Waals surface area contributed by atoms with Crippen molar-refractivity contribution in [3.63, 3.8) is 0 Å². The van der Waals surface area contributed by atoms with Gasteiger partial charge in [-0.1, -0.05) is 0 Å². The van der Waals surface area contributed by atoms with Crippen molar-refractivity contribution in [2.75, 3.05) is 70.7 Å². The van der Waals surface area contributed by atoms with Gasteiger partial charge in [-0.25, -0.2) is 0 Å². The van der Waals surface area contributed by atoms with E-state index in [9.17, 15) is 5.11 Å². The van der Waals surface area contributed by atoms with Crippen molar-refractivity contribution in [1.29, 1.82) is 0 Å². The maximum Gasteiger partial charge on any atom is 0.321 e. The summed E-state index contributed by atoms with van der Waals surface area (Å²) in [5.74, 6) is 1.24. The maximum absolute atomic E-state index is 9.36. The summed E-state index contributed by atoms with van der Waals surface area (Å²) in [6.07, 6.45) is 0. The van der Waals surface area contributed by atoms with Gasteiger partial charge < -0.3 is 24.2 Å². The zero-order valence-electron chi connectivity index (χ0n) is 17.4. The molecular formula is C20H27N7O4. The molecule has 0 radical (unpaired) electrons. The van der Waals surface area contributed by atoms with Crippen molar-refractivity contribution in [2.45, 2.75) is 6.54 Å². The summed E-state index contributed by atoms with van der Waals surface area (Å²) >= 11 is 0. The molecule has 1 aromatic carbocycles. The van der Waals surface area contributed by atoms with E-state index in [0.29, 0.717) is 56.4 Å². The fraction of sp³-hybridized carbons (Fsp3) is 0.550. The summed E-state index contributed by atoms with van der Waals surface area (Å²) in [5.41, 5.74) is 0.641. The number of rotatable bonds is 8. The summed E-state index contributed by atoms with van der Waals surface area (Å²) in [6, 6.07) is 6.79. The molecule has 4 rings (SSSR count). The van der Waals surface area contributed by atoms with Gasteiger partial charge in [-0.05, 0) is 24.3 Å². The van der Waals surface area contributed by atoms with Gasteiger partial charge in [0.25, 0.3) is 0 Å². The standard InChI is InChI=1S/C20H27N7O4/c28-17-3-1-16(2-4-17)25-21-15-18-22-19(27-8-12-30-13-9-27)24-20(23-18)31-14-7-26-5-10-29-11-6-26/h1-4,28H,5-15H2. The van der Waals surface area contributed by atoms with E-state index in [1.54, 1.807) is 24.3 Å². The zero-order valence-corrected chi connectivity index (χ0v) is 17.4. The van der Waals surface area contributed by atoms with E-state index < -0.39 is 0 Å². The predicted octanol–water partition coefficient (Wildman–Crippen LogP) is 1.41. The van der Waals surface area contributed by atoms with Crippen LogP contribution < -0.4 is 9.64 Å². The number of ether oxygens (including phenoxy) is 3. The molecule has 166 valence electrons. The normalized spacial score (nSPS) is 17.9. The van der Waals surface area contributed by atoms with E-state index in [1.807, 2.05) is 0 Å². The Morgan fingerprint density at radius 2 is 1.65 bits per heavy atom. The summed E-state index contributed by atoms with van der Waals surface area (Å²) in [7, 11) is 0. The number of nitrogens with zero attached hydrogens (tertiary/aromatic N) is 7. The van der Waals surface area contributed by atoms with Gasteiger partial charge in [-0.3, -0.25) is 4.90 Å². The monoisotopic (exact) mass is 429 g/mol. The number of aromatic nitrogens is 3. The first-order valence-corrected chi connectivity index (χ1v) is 10.4. The quantitative estimate of drug-likeness (QED) is 0.621. The topological polar surface area (TPSA) is 118 Å². The lowest BCUT2D eigenvalue weighted by molar-refractivity contribution is 0.0317. The Labute approximate surface area is 180 Å². The molecule has 0 atom stereocenters. The Balaban J connectivity index is 1.42. The molecule has 0 saturated carbocycles. The second-order valence-corrected chi connectivity index (χ2v) is 7.15. The predicted molar refractivity (Wildman–Crippen MR) is 112 cm³/mol. The lowest BCUT2D eigenvalue weighted by atomic mass is 10.3. The first-order chi connectivity index (χ1) is 15.3. The maximum atomic E-state index is 9.36. The molecule has 0 amide bonds. The van der Waals surface area contributed by atoms with Crippen LogP contribution in [0.2, 0.25) is 0 Å². The molecule has 2 saturated heterocycles. The van der Waals surface area contributed by atoms with E-state index >= 15 is 0 Å². The third kappa shape index (κ3) is 6.54. The lowest BCUT2D eigenvalue weighted by Gasteiger charge is -2.27. The highest BCUT2D eigenvalue weighted by molar-refractivity contribution is 5.39. The van der Waals surface area contributed by atoms with Crippen LogP contribution in [0, 0.1) is 0 Å². The van der Waals surface area contributed by atoms with Gasteiger partial charge in [0.15, 0.2) is 5.82 Å². The number of hydrogen-bond donors (Lipinski definition) is 1. The molecule has 11 heteroatoms. The van der Waals surface area contributed by atoms with Gasteiger partial charge in [0.2, 0.25) is 5.95 Å². The van der Waals surface area contributed by atoms with Crippen LogP contribution in [-0.2, 0) is 16.0 Å². The smallest absolute Gasteiger partial charge is 0.321 e. The van der Waals surface area contributed by atoms with Gasteiger partial charge in [0.1, 0.15) is 18.9 Å². The molecule has 0 unspecified atom stereocenters. The lowest BCUT2D eigenvalue weighted by Crippen LogP contribution is -2.39. The highest BCUT2D eigenvalue weighted by atomic mass is 16.5. The van der Waals surface area contributed by atoms with Gasteiger partial charge in [0, 0.05) is 32.7 Å². The highest BCUT2D eigenvalue weighted by Gasteiger charge is 2.17. The van der Waals surface area contributed by atoms with Crippen molar-refractivity contribution in [3.05, 3.63) is 30.1 Å². The van der Waals surface area contributed by atoms with Crippen LogP contribution in [0.4, 0.5) is 11.6 Å². The van der Waals surface area contributed by atoms with E-state index in [1.165, 1.54) is 0 Å². The second-order valence-electron chi connectivity index (χ2n) is 7.15. The minimum Gasteiger partial charge on any atom is -0.508 e.